The van der Waals surface area contributed by atoms with Crippen LogP contribution in [-0.2, 0) is 0 Å². The summed E-state index contributed by atoms with van der Waals surface area (Å²) in [7, 11) is 0. The number of nitrogens with one attached hydrogen (secondary N) is 1. The van der Waals surface area contributed by atoms with Crippen molar-refractivity contribution in [2.75, 3.05) is 11.4 Å². The molecule has 1 aromatic heterocycles. The summed E-state index contributed by atoms with van der Waals surface area (Å²) in [5, 5.41) is 10.9. The zero-order valence-electron chi connectivity index (χ0n) is 15.1. The van der Waals surface area contributed by atoms with Gasteiger partial charge in [0.15, 0.2) is 5.82 Å². The number of benzene rings is 1. The van der Waals surface area contributed by atoms with Crippen LogP contribution in [0.3, 0.4) is 0 Å². The number of H-pyrrole nitrogens is 1. The van der Waals surface area contributed by atoms with Crippen LogP contribution in [-0.4, -0.2) is 22.0 Å². The lowest BCUT2D eigenvalue weighted by Crippen LogP contribution is -2.18. The van der Waals surface area contributed by atoms with Crippen LogP contribution in [0.4, 0.5) is 11.5 Å². The molecule has 0 amide bonds. The van der Waals surface area contributed by atoms with Crippen molar-refractivity contribution in [3.8, 4) is 0 Å². The van der Waals surface area contributed by atoms with Gasteiger partial charge in [0.05, 0.1) is 6.20 Å². The van der Waals surface area contributed by atoms with Crippen molar-refractivity contribution < 1.29 is 0 Å². The molecule has 2 rings (SSSR count). The van der Waals surface area contributed by atoms with Gasteiger partial charge in [-0.25, -0.2) is 0 Å². The third-order valence-electron chi connectivity index (χ3n) is 4.48. The smallest absolute Gasteiger partial charge is 0.175 e. The number of unbranched alkanes of at least 4 members (excludes halogenated alkanes) is 9. The maximum absolute atomic E-state index is 4.25. The van der Waals surface area contributed by atoms with Gasteiger partial charge in [-0.05, 0) is 18.6 Å². The standard InChI is InChI=1S/C20H32N4/c1-2-3-4-5-6-7-8-9-10-14-17-24(20-18-21-23-22-20)19-15-12-11-13-16-19/h11-13,15-16,18H,2-10,14,17H2,1H3,(H,21,22,23). The Morgan fingerprint density at radius 3 is 2.04 bits per heavy atom. The summed E-state index contributed by atoms with van der Waals surface area (Å²) in [4.78, 5) is 2.24. The lowest BCUT2D eigenvalue weighted by atomic mass is 10.1. The number of rotatable bonds is 13. The molecule has 0 radical (unpaired) electrons. The van der Waals surface area contributed by atoms with Crippen LogP contribution >= 0.6 is 0 Å². The van der Waals surface area contributed by atoms with Gasteiger partial charge >= 0.3 is 0 Å². The molecule has 0 atom stereocenters. The average molecular weight is 329 g/mol. The van der Waals surface area contributed by atoms with Crippen LogP contribution in [0.5, 0.6) is 0 Å². The second-order valence-corrected chi connectivity index (χ2v) is 6.50. The van der Waals surface area contributed by atoms with Crippen molar-refractivity contribution in [2.45, 2.75) is 71.1 Å². The summed E-state index contributed by atoms with van der Waals surface area (Å²) in [5.74, 6) is 0.900. The molecular formula is C20H32N4. The maximum atomic E-state index is 4.25. The fourth-order valence-corrected chi connectivity index (χ4v) is 3.07. The Morgan fingerprint density at radius 1 is 0.833 bits per heavy atom. The minimum Gasteiger partial charge on any atom is -0.324 e. The fraction of sp³-hybridized carbons (Fsp3) is 0.600. The Bertz CT molecular complexity index is 510. The van der Waals surface area contributed by atoms with Crippen molar-refractivity contribution in [1.29, 1.82) is 0 Å². The summed E-state index contributed by atoms with van der Waals surface area (Å²) < 4.78 is 0. The van der Waals surface area contributed by atoms with Gasteiger partial charge in [-0.3, -0.25) is 0 Å². The highest BCUT2D eigenvalue weighted by Crippen LogP contribution is 2.23. The lowest BCUT2D eigenvalue weighted by molar-refractivity contribution is 0.557. The molecule has 0 unspecified atom stereocenters. The van der Waals surface area contributed by atoms with E-state index in [4.69, 9.17) is 0 Å². The summed E-state index contributed by atoms with van der Waals surface area (Å²) in [6, 6.07) is 10.4. The molecule has 0 aliphatic carbocycles. The quantitative estimate of drug-likeness (QED) is 0.468. The first-order chi connectivity index (χ1) is 11.9. The predicted molar refractivity (Wildman–Crippen MR) is 102 cm³/mol. The highest BCUT2D eigenvalue weighted by molar-refractivity contribution is 5.58. The first-order valence-corrected chi connectivity index (χ1v) is 9.60. The van der Waals surface area contributed by atoms with Crippen LogP contribution < -0.4 is 4.90 Å². The number of nitrogens with zero attached hydrogens (tertiary/aromatic N) is 3. The maximum Gasteiger partial charge on any atom is 0.175 e. The van der Waals surface area contributed by atoms with E-state index >= 15 is 0 Å². The zero-order chi connectivity index (χ0) is 16.9. The van der Waals surface area contributed by atoms with Gasteiger partial charge in [-0.1, -0.05) is 82.9 Å². The summed E-state index contributed by atoms with van der Waals surface area (Å²) in [6.07, 6.45) is 15.4. The van der Waals surface area contributed by atoms with Crippen molar-refractivity contribution in [1.82, 2.24) is 15.4 Å². The molecule has 0 saturated heterocycles. The first kappa shape index (κ1) is 18.5. The van der Waals surface area contributed by atoms with Gasteiger partial charge < -0.3 is 4.90 Å². The van der Waals surface area contributed by atoms with Crippen LogP contribution in [0.2, 0.25) is 0 Å². The number of hydrogen-bond donors (Lipinski definition) is 1. The highest BCUT2D eigenvalue weighted by Gasteiger charge is 2.10. The SMILES string of the molecule is CCCCCCCCCCCCN(c1ccccc1)c1cn[nH]n1. The molecule has 1 heterocycles. The molecule has 4 heteroatoms. The molecule has 0 aliphatic rings. The third-order valence-corrected chi connectivity index (χ3v) is 4.48. The van der Waals surface area contributed by atoms with E-state index in [-0.39, 0.29) is 0 Å². The van der Waals surface area contributed by atoms with Crippen LogP contribution in [0.1, 0.15) is 71.1 Å². The van der Waals surface area contributed by atoms with Crippen molar-refractivity contribution in [3.63, 3.8) is 0 Å². The molecule has 0 aliphatic heterocycles. The predicted octanol–water partition coefficient (Wildman–Crippen LogP) is 5.86. The lowest BCUT2D eigenvalue weighted by Gasteiger charge is -2.21. The molecule has 24 heavy (non-hydrogen) atoms. The minimum atomic E-state index is 0.900. The molecule has 0 fully saturated rings. The van der Waals surface area contributed by atoms with E-state index in [1.54, 1.807) is 6.20 Å². The molecule has 132 valence electrons. The Hall–Kier alpha value is -1.84. The second kappa shape index (κ2) is 11.7. The van der Waals surface area contributed by atoms with Gasteiger partial charge in [-0.15, -0.1) is 5.10 Å². The average Bonchev–Trinajstić information content (AvgIpc) is 3.15. The molecule has 4 nitrogen and oxygen atoms in total. The topological polar surface area (TPSA) is 44.8 Å². The van der Waals surface area contributed by atoms with Gasteiger partial charge in [0.25, 0.3) is 0 Å². The molecule has 0 bridgehead atoms. The van der Waals surface area contributed by atoms with E-state index < -0.39 is 0 Å². The Labute approximate surface area is 146 Å². The number of hydrogen-bond acceptors (Lipinski definition) is 3. The fourth-order valence-electron chi connectivity index (χ4n) is 3.07. The van der Waals surface area contributed by atoms with Crippen LogP contribution in [0.15, 0.2) is 36.5 Å². The Morgan fingerprint density at radius 2 is 1.46 bits per heavy atom. The van der Waals surface area contributed by atoms with Crippen LogP contribution in [0.25, 0.3) is 0 Å². The monoisotopic (exact) mass is 328 g/mol. The van der Waals surface area contributed by atoms with Crippen molar-refractivity contribution in [2.24, 2.45) is 0 Å². The van der Waals surface area contributed by atoms with E-state index in [0.717, 1.165) is 12.4 Å². The molecule has 0 spiro atoms. The van der Waals surface area contributed by atoms with Crippen molar-refractivity contribution >= 4 is 11.5 Å². The minimum absolute atomic E-state index is 0.900. The van der Waals surface area contributed by atoms with Crippen LogP contribution in [0, 0.1) is 0 Å². The van der Waals surface area contributed by atoms with E-state index in [0.29, 0.717) is 0 Å². The molecular weight excluding hydrogens is 296 g/mol. The van der Waals surface area contributed by atoms with Gasteiger partial charge in [0, 0.05) is 12.2 Å². The van der Waals surface area contributed by atoms with Gasteiger partial charge in [0.2, 0.25) is 0 Å². The Balaban J connectivity index is 1.64. The molecule has 1 aromatic carbocycles. The van der Waals surface area contributed by atoms with Gasteiger partial charge in [0.1, 0.15) is 0 Å². The normalized spacial score (nSPS) is 10.9. The molecule has 1 N–H and O–H groups in total. The summed E-state index contributed by atoms with van der Waals surface area (Å²) in [5.41, 5.74) is 1.18. The summed E-state index contributed by atoms with van der Waals surface area (Å²) >= 11 is 0. The zero-order valence-corrected chi connectivity index (χ0v) is 15.1. The van der Waals surface area contributed by atoms with E-state index in [1.807, 2.05) is 6.07 Å². The Kier molecular flexibility index (Phi) is 8.99. The molecule has 2 aromatic rings. The highest BCUT2D eigenvalue weighted by atomic mass is 15.4. The third kappa shape index (κ3) is 6.73. The van der Waals surface area contributed by atoms with Crippen molar-refractivity contribution in [3.05, 3.63) is 36.5 Å². The number of aromatic nitrogens is 3. The van der Waals surface area contributed by atoms with E-state index in [9.17, 15) is 0 Å². The summed E-state index contributed by atoms with van der Waals surface area (Å²) in [6.45, 7) is 3.27. The largest absolute Gasteiger partial charge is 0.324 e. The van der Waals surface area contributed by atoms with E-state index in [2.05, 4.69) is 51.5 Å². The van der Waals surface area contributed by atoms with Gasteiger partial charge in [-0.2, -0.15) is 10.3 Å². The first-order valence-electron chi connectivity index (χ1n) is 9.60. The second-order valence-electron chi connectivity index (χ2n) is 6.50. The number of para-hydroxylation sites is 1. The number of aromatic amines is 1. The van der Waals surface area contributed by atoms with E-state index in [1.165, 1.54) is 69.9 Å². The number of anilines is 2. The molecule has 0 saturated carbocycles.